The summed E-state index contributed by atoms with van der Waals surface area (Å²) in [6.45, 7) is 1.01. The Morgan fingerprint density at radius 2 is 1.75 bits per heavy atom. The number of rotatable bonds is 12. The SMILES string of the molecule is NC(N)=NCCC[C@H](NC(=O)[C@@H]1CCCN1C(=O)[C@H](N)CC1CCCCC1)C(=O)C[n+]1ccccc1. The van der Waals surface area contributed by atoms with E-state index in [0.717, 1.165) is 19.3 Å². The lowest BCUT2D eigenvalue weighted by molar-refractivity contribution is -0.684. The molecule has 0 radical (unpaired) electrons. The number of hydrogen-bond donors (Lipinski definition) is 4. The van der Waals surface area contributed by atoms with Crippen LogP contribution < -0.4 is 27.1 Å². The summed E-state index contributed by atoms with van der Waals surface area (Å²) in [4.78, 5) is 45.2. The summed E-state index contributed by atoms with van der Waals surface area (Å²) >= 11 is 0. The number of likely N-dealkylation sites (tertiary alicyclic amines) is 1. The zero-order valence-electron chi connectivity index (χ0n) is 21.2. The van der Waals surface area contributed by atoms with E-state index in [1.807, 2.05) is 18.2 Å². The topological polar surface area (TPSA) is 161 Å². The number of nitrogens with zero attached hydrogens (tertiary/aromatic N) is 3. The highest BCUT2D eigenvalue weighted by atomic mass is 16.2. The number of ketones is 1. The third-order valence-electron chi connectivity index (χ3n) is 7.23. The van der Waals surface area contributed by atoms with E-state index in [-0.39, 0.29) is 30.1 Å². The van der Waals surface area contributed by atoms with Gasteiger partial charge in [-0.3, -0.25) is 19.4 Å². The molecule has 2 fully saturated rings. The van der Waals surface area contributed by atoms with Crippen LogP contribution in [0.5, 0.6) is 0 Å². The summed E-state index contributed by atoms with van der Waals surface area (Å²) in [5.41, 5.74) is 17.1. The maximum Gasteiger partial charge on any atom is 0.243 e. The maximum atomic E-state index is 13.3. The summed E-state index contributed by atoms with van der Waals surface area (Å²) < 4.78 is 1.77. The van der Waals surface area contributed by atoms with Crippen molar-refractivity contribution in [1.82, 2.24) is 10.2 Å². The predicted octanol–water partition coefficient (Wildman–Crippen LogP) is 0.370. The van der Waals surface area contributed by atoms with E-state index in [1.165, 1.54) is 19.3 Å². The average molecular weight is 501 g/mol. The Labute approximate surface area is 213 Å². The number of amides is 2. The zero-order chi connectivity index (χ0) is 25.9. The van der Waals surface area contributed by atoms with E-state index >= 15 is 0 Å². The first-order chi connectivity index (χ1) is 17.3. The molecule has 1 aromatic heterocycles. The van der Waals surface area contributed by atoms with Crippen LogP contribution in [0, 0.1) is 5.92 Å². The molecule has 1 aliphatic heterocycles. The molecule has 1 aliphatic carbocycles. The molecule has 10 nitrogen and oxygen atoms in total. The van der Waals surface area contributed by atoms with Crippen LogP contribution in [0.1, 0.15) is 64.2 Å². The molecule has 2 heterocycles. The van der Waals surface area contributed by atoms with Crippen molar-refractivity contribution in [2.45, 2.75) is 88.9 Å². The summed E-state index contributed by atoms with van der Waals surface area (Å²) in [6.07, 6.45) is 12.4. The van der Waals surface area contributed by atoms with E-state index in [1.54, 1.807) is 21.9 Å². The van der Waals surface area contributed by atoms with Gasteiger partial charge in [0, 0.05) is 25.2 Å². The van der Waals surface area contributed by atoms with Crippen molar-refractivity contribution in [2.75, 3.05) is 13.1 Å². The molecule has 10 heteroatoms. The van der Waals surface area contributed by atoms with Gasteiger partial charge < -0.3 is 27.4 Å². The van der Waals surface area contributed by atoms with E-state index in [9.17, 15) is 14.4 Å². The van der Waals surface area contributed by atoms with E-state index < -0.39 is 18.1 Å². The summed E-state index contributed by atoms with van der Waals surface area (Å²) in [7, 11) is 0. The molecule has 3 rings (SSSR count). The minimum atomic E-state index is -0.701. The van der Waals surface area contributed by atoms with Gasteiger partial charge in [-0.1, -0.05) is 38.2 Å². The maximum absolute atomic E-state index is 13.3. The normalized spacial score (nSPS) is 19.9. The Kier molecular flexibility index (Phi) is 10.7. The molecule has 198 valence electrons. The quantitative estimate of drug-likeness (QED) is 0.140. The number of hydrogen-bond acceptors (Lipinski definition) is 5. The molecular weight excluding hydrogens is 458 g/mol. The van der Waals surface area contributed by atoms with Crippen LogP contribution in [0.25, 0.3) is 0 Å². The molecule has 0 unspecified atom stereocenters. The number of Topliss-reactive ketones (excluding diaryl/α,β-unsaturated/α-hetero) is 1. The minimum absolute atomic E-state index is 0.00794. The Morgan fingerprint density at radius 1 is 1.03 bits per heavy atom. The average Bonchev–Trinajstić information content (AvgIpc) is 3.36. The molecule has 1 saturated heterocycles. The van der Waals surface area contributed by atoms with Crippen molar-refractivity contribution in [3.05, 3.63) is 30.6 Å². The Hall–Kier alpha value is -3.01. The van der Waals surface area contributed by atoms with Gasteiger partial charge >= 0.3 is 0 Å². The lowest BCUT2D eigenvalue weighted by Crippen LogP contribution is -2.55. The van der Waals surface area contributed by atoms with Crippen LogP contribution in [-0.4, -0.2) is 59.7 Å². The van der Waals surface area contributed by atoms with Crippen LogP contribution in [-0.2, 0) is 20.9 Å². The van der Waals surface area contributed by atoms with Crippen LogP contribution in [0.15, 0.2) is 35.6 Å². The van der Waals surface area contributed by atoms with Gasteiger partial charge in [0.05, 0.1) is 12.1 Å². The van der Waals surface area contributed by atoms with E-state index in [4.69, 9.17) is 17.2 Å². The van der Waals surface area contributed by atoms with Crippen LogP contribution >= 0.6 is 0 Å². The Bertz CT molecular complexity index is 898. The highest BCUT2D eigenvalue weighted by Crippen LogP contribution is 2.28. The monoisotopic (exact) mass is 500 g/mol. The van der Waals surface area contributed by atoms with Gasteiger partial charge in [0.15, 0.2) is 18.4 Å². The molecule has 1 aromatic rings. The first kappa shape index (κ1) is 27.6. The second kappa shape index (κ2) is 13.9. The number of guanidine groups is 1. The fraction of sp³-hybridized carbons (Fsp3) is 0.654. The van der Waals surface area contributed by atoms with Gasteiger partial charge in [-0.05, 0) is 38.0 Å². The molecule has 36 heavy (non-hydrogen) atoms. The van der Waals surface area contributed by atoms with Crippen molar-refractivity contribution in [3.8, 4) is 0 Å². The zero-order valence-corrected chi connectivity index (χ0v) is 21.2. The number of pyridine rings is 1. The fourth-order valence-electron chi connectivity index (χ4n) is 5.31. The second-order valence-electron chi connectivity index (χ2n) is 10.1. The summed E-state index contributed by atoms with van der Waals surface area (Å²) in [5, 5.41) is 2.92. The smallest absolute Gasteiger partial charge is 0.243 e. The Morgan fingerprint density at radius 3 is 2.44 bits per heavy atom. The highest BCUT2D eigenvalue weighted by molar-refractivity contribution is 5.93. The van der Waals surface area contributed by atoms with Crippen molar-refractivity contribution in [3.63, 3.8) is 0 Å². The van der Waals surface area contributed by atoms with Crippen LogP contribution in [0.3, 0.4) is 0 Å². The van der Waals surface area contributed by atoms with Gasteiger partial charge in [0.25, 0.3) is 0 Å². The first-order valence-corrected chi connectivity index (χ1v) is 13.2. The number of carbonyl (C=O) groups excluding carboxylic acids is 3. The lowest BCUT2D eigenvalue weighted by Gasteiger charge is -2.30. The molecule has 2 amide bonds. The predicted molar refractivity (Wildman–Crippen MR) is 137 cm³/mol. The van der Waals surface area contributed by atoms with Crippen LogP contribution in [0.2, 0.25) is 0 Å². The third-order valence-corrected chi connectivity index (χ3v) is 7.23. The third kappa shape index (κ3) is 8.29. The van der Waals surface area contributed by atoms with Crippen molar-refractivity contribution < 1.29 is 19.0 Å². The van der Waals surface area contributed by atoms with Crippen molar-refractivity contribution in [1.29, 1.82) is 0 Å². The molecule has 3 atom stereocenters. The van der Waals surface area contributed by atoms with Gasteiger partial charge in [-0.2, -0.15) is 4.57 Å². The van der Waals surface area contributed by atoms with Gasteiger partial charge in [0.2, 0.25) is 24.1 Å². The highest BCUT2D eigenvalue weighted by Gasteiger charge is 2.38. The van der Waals surface area contributed by atoms with E-state index in [2.05, 4.69) is 10.3 Å². The number of carbonyl (C=O) groups is 3. The molecule has 0 spiro atoms. The number of aliphatic imine (C=N–C) groups is 1. The minimum Gasteiger partial charge on any atom is -0.370 e. The standard InChI is InChI=1S/C26H41N7O3/c27-20(17-19-9-3-1-4-10-19)25(36)33-16-8-12-22(33)24(35)31-21(11-7-13-30-26(28)29)23(34)18-32-14-5-2-6-15-32/h2,5-6,14-15,19-22H,1,3-4,7-13,16-18,27H2,(H4-,28,29,30,31,35)/p+1/t20-,21+,22+/m1/s1. The fourth-order valence-corrected chi connectivity index (χ4v) is 5.31. The molecule has 7 N–H and O–H groups in total. The Balaban J connectivity index is 1.62. The largest absolute Gasteiger partial charge is 0.370 e. The summed E-state index contributed by atoms with van der Waals surface area (Å²) in [6, 6.07) is 3.67. The lowest BCUT2D eigenvalue weighted by atomic mass is 9.84. The van der Waals surface area contributed by atoms with Crippen LogP contribution in [0.4, 0.5) is 0 Å². The molecule has 0 bridgehead atoms. The number of nitrogens with one attached hydrogen (secondary N) is 1. The number of aromatic nitrogens is 1. The molecule has 2 aliphatic rings. The van der Waals surface area contributed by atoms with Gasteiger partial charge in [0.1, 0.15) is 6.04 Å². The van der Waals surface area contributed by atoms with Gasteiger partial charge in [-0.25, -0.2) is 0 Å². The molecular formula is C26H42N7O3+. The second-order valence-corrected chi connectivity index (χ2v) is 10.1. The van der Waals surface area contributed by atoms with Gasteiger partial charge in [-0.15, -0.1) is 0 Å². The molecule has 0 aromatic carbocycles. The summed E-state index contributed by atoms with van der Waals surface area (Å²) in [5.74, 6) is -0.103. The van der Waals surface area contributed by atoms with E-state index in [0.29, 0.717) is 44.7 Å². The first-order valence-electron chi connectivity index (χ1n) is 13.2. The number of nitrogens with two attached hydrogens (primary N) is 3. The van der Waals surface area contributed by atoms with Crippen molar-refractivity contribution in [2.24, 2.45) is 28.1 Å². The van der Waals surface area contributed by atoms with Crippen molar-refractivity contribution >= 4 is 23.6 Å². The molecule has 1 saturated carbocycles.